The summed E-state index contributed by atoms with van der Waals surface area (Å²) < 4.78 is 0. The van der Waals surface area contributed by atoms with Crippen molar-refractivity contribution in [2.75, 3.05) is 18.1 Å². The molecule has 0 spiro atoms. The highest BCUT2D eigenvalue weighted by atomic mass is 16.3. The molecule has 0 aliphatic carbocycles. The molecule has 3 nitrogen and oxygen atoms in total. The Morgan fingerprint density at radius 1 is 1.47 bits per heavy atom. The number of nitrogens with zero attached hydrogens (tertiary/aromatic N) is 1. The van der Waals surface area contributed by atoms with Gasteiger partial charge in [0.25, 0.3) is 0 Å². The molecule has 0 aromatic heterocycles. The van der Waals surface area contributed by atoms with E-state index in [1.807, 2.05) is 25.1 Å². The molecular weight excluding hydrogens is 190 g/mol. The Hall–Kier alpha value is -1.35. The van der Waals surface area contributed by atoms with Gasteiger partial charge in [-0.05, 0) is 30.5 Å². The minimum Gasteiger partial charge on any atom is -0.396 e. The fourth-order valence-electron chi connectivity index (χ4n) is 1.94. The molecule has 15 heavy (non-hydrogen) atoms. The second-order valence-electron chi connectivity index (χ2n) is 3.93. The predicted molar refractivity (Wildman–Crippen MR) is 58.9 cm³/mol. The Kier molecular flexibility index (Phi) is 2.73. The number of rotatable bonds is 3. The van der Waals surface area contributed by atoms with E-state index < -0.39 is 0 Å². The summed E-state index contributed by atoms with van der Waals surface area (Å²) in [5, 5.41) is 8.78. The molecule has 1 aliphatic heterocycles. The molecule has 1 aliphatic rings. The van der Waals surface area contributed by atoms with Gasteiger partial charge >= 0.3 is 0 Å². The van der Waals surface area contributed by atoms with Gasteiger partial charge in [-0.3, -0.25) is 4.79 Å². The average molecular weight is 205 g/mol. The fraction of sp³-hybridized carbons (Fsp3) is 0.417. The number of amides is 1. The Morgan fingerprint density at radius 2 is 2.27 bits per heavy atom. The van der Waals surface area contributed by atoms with Crippen LogP contribution in [-0.4, -0.2) is 24.2 Å². The molecule has 0 bridgehead atoms. The van der Waals surface area contributed by atoms with E-state index in [4.69, 9.17) is 5.11 Å². The molecule has 1 aromatic rings. The number of aliphatic hydroxyl groups is 1. The smallest absolute Gasteiger partial charge is 0.231 e. The van der Waals surface area contributed by atoms with Crippen LogP contribution < -0.4 is 4.90 Å². The zero-order chi connectivity index (χ0) is 10.8. The third-order valence-corrected chi connectivity index (χ3v) is 2.71. The second kappa shape index (κ2) is 4.03. The number of carbonyl (C=O) groups is 1. The van der Waals surface area contributed by atoms with Crippen LogP contribution in [0.3, 0.4) is 0 Å². The van der Waals surface area contributed by atoms with Gasteiger partial charge in [0.1, 0.15) is 0 Å². The highest BCUT2D eigenvalue weighted by molar-refractivity contribution is 6.01. The molecule has 0 atom stereocenters. The summed E-state index contributed by atoms with van der Waals surface area (Å²) in [6.45, 7) is 2.77. The van der Waals surface area contributed by atoms with E-state index in [0.29, 0.717) is 19.4 Å². The number of carbonyl (C=O) groups excluding carboxylic acids is 1. The summed E-state index contributed by atoms with van der Waals surface area (Å²) in [7, 11) is 0. The van der Waals surface area contributed by atoms with Crippen molar-refractivity contribution in [2.24, 2.45) is 0 Å². The van der Waals surface area contributed by atoms with Gasteiger partial charge in [0.15, 0.2) is 0 Å². The molecule has 0 radical (unpaired) electrons. The number of hydrogen-bond acceptors (Lipinski definition) is 2. The van der Waals surface area contributed by atoms with Crippen LogP contribution in [0.15, 0.2) is 18.2 Å². The predicted octanol–water partition coefficient (Wildman–Crippen LogP) is 1.27. The van der Waals surface area contributed by atoms with E-state index in [1.165, 1.54) is 0 Å². The SMILES string of the molecule is Cc1ccc2c(c1)N(CCCO)C(=O)C2. The van der Waals surface area contributed by atoms with Gasteiger partial charge < -0.3 is 10.0 Å². The van der Waals surface area contributed by atoms with E-state index >= 15 is 0 Å². The molecule has 0 unspecified atom stereocenters. The first kappa shape index (κ1) is 10.2. The van der Waals surface area contributed by atoms with Crippen molar-refractivity contribution in [1.82, 2.24) is 0 Å². The molecule has 1 N–H and O–H groups in total. The van der Waals surface area contributed by atoms with Crippen molar-refractivity contribution in [3.8, 4) is 0 Å². The lowest BCUT2D eigenvalue weighted by molar-refractivity contribution is -0.117. The number of hydrogen-bond donors (Lipinski definition) is 1. The van der Waals surface area contributed by atoms with Crippen LogP contribution >= 0.6 is 0 Å². The van der Waals surface area contributed by atoms with Crippen LogP contribution in [0, 0.1) is 6.92 Å². The van der Waals surface area contributed by atoms with Gasteiger partial charge in [0, 0.05) is 18.8 Å². The Labute approximate surface area is 89.3 Å². The third kappa shape index (κ3) is 1.88. The first-order valence-corrected chi connectivity index (χ1v) is 5.23. The summed E-state index contributed by atoms with van der Waals surface area (Å²) in [6.07, 6.45) is 1.14. The second-order valence-corrected chi connectivity index (χ2v) is 3.93. The normalized spacial score (nSPS) is 14.5. The number of aliphatic hydroxyl groups excluding tert-OH is 1. The zero-order valence-corrected chi connectivity index (χ0v) is 8.86. The first-order chi connectivity index (χ1) is 7.22. The van der Waals surface area contributed by atoms with Crippen LogP contribution in [0.5, 0.6) is 0 Å². The van der Waals surface area contributed by atoms with Gasteiger partial charge in [0.05, 0.1) is 6.42 Å². The number of anilines is 1. The largest absolute Gasteiger partial charge is 0.396 e. The minimum atomic E-state index is 0.130. The molecule has 1 amide bonds. The van der Waals surface area contributed by atoms with Crippen LogP contribution in [0.2, 0.25) is 0 Å². The van der Waals surface area contributed by atoms with Gasteiger partial charge in [-0.15, -0.1) is 0 Å². The molecule has 1 aromatic carbocycles. The molecule has 2 rings (SSSR count). The maximum absolute atomic E-state index is 11.7. The lowest BCUT2D eigenvalue weighted by atomic mass is 10.1. The minimum absolute atomic E-state index is 0.130. The average Bonchev–Trinajstić information content (AvgIpc) is 2.51. The van der Waals surface area contributed by atoms with E-state index in [0.717, 1.165) is 16.8 Å². The first-order valence-electron chi connectivity index (χ1n) is 5.23. The van der Waals surface area contributed by atoms with Crippen molar-refractivity contribution >= 4 is 11.6 Å². The number of benzene rings is 1. The quantitative estimate of drug-likeness (QED) is 0.807. The standard InChI is InChI=1S/C12H15NO2/c1-9-3-4-10-8-12(15)13(5-2-6-14)11(10)7-9/h3-4,7,14H,2,5-6,8H2,1H3. The van der Waals surface area contributed by atoms with E-state index in [-0.39, 0.29) is 12.5 Å². The maximum Gasteiger partial charge on any atom is 0.231 e. The van der Waals surface area contributed by atoms with Gasteiger partial charge in [0.2, 0.25) is 5.91 Å². The lowest BCUT2D eigenvalue weighted by Gasteiger charge is -2.16. The van der Waals surface area contributed by atoms with Crippen molar-refractivity contribution in [1.29, 1.82) is 0 Å². The van der Waals surface area contributed by atoms with Crippen molar-refractivity contribution in [3.63, 3.8) is 0 Å². The van der Waals surface area contributed by atoms with Gasteiger partial charge in [-0.25, -0.2) is 0 Å². The number of fused-ring (bicyclic) bond motifs is 1. The van der Waals surface area contributed by atoms with E-state index in [2.05, 4.69) is 0 Å². The molecule has 3 heteroatoms. The zero-order valence-electron chi connectivity index (χ0n) is 8.86. The van der Waals surface area contributed by atoms with Crippen LogP contribution in [0.4, 0.5) is 5.69 Å². The molecule has 0 saturated carbocycles. The number of aryl methyl sites for hydroxylation is 1. The topological polar surface area (TPSA) is 40.5 Å². The molecule has 1 heterocycles. The van der Waals surface area contributed by atoms with Crippen molar-refractivity contribution in [2.45, 2.75) is 19.8 Å². The highest BCUT2D eigenvalue weighted by Crippen LogP contribution is 2.29. The summed E-state index contributed by atoms with van der Waals surface area (Å²) in [5.74, 6) is 0.143. The molecule has 0 fully saturated rings. The van der Waals surface area contributed by atoms with Crippen LogP contribution in [-0.2, 0) is 11.2 Å². The summed E-state index contributed by atoms with van der Waals surface area (Å²) in [4.78, 5) is 13.5. The summed E-state index contributed by atoms with van der Waals surface area (Å²) in [6, 6.07) is 6.08. The monoisotopic (exact) mass is 205 g/mol. The molecule has 80 valence electrons. The molecule has 0 saturated heterocycles. The summed E-state index contributed by atoms with van der Waals surface area (Å²) >= 11 is 0. The summed E-state index contributed by atoms with van der Waals surface area (Å²) in [5.41, 5.74) is 3.29. The van der Waals surface area contributed by atoms with E-state index in [9.17, 15) is 4.79 Å². The highest BCUT2D eigenvalue weighted by Gasteiger charge is 2.26. The van der Waals surface area contributed by atoms with E-state index in [1.54, 1.807) is 4.90 Å². The fourth-order valence-corrected chi connectivity index (χ4v) is 1.94. The Balaban J connectivity index is 2.27. The van der Waals surface area contributed by atoms with Crippen LogP contribution in [0.1, 0.15) is 17.5 Å². The molecular formula is C12H15NO2. The maximum atomic E-state index is 11.7. The van der Waals surface area contributed by atoms with Crippen LogP contribution in [0.25, 0.3) is 0 Å². The van der Waals surface area contributed by atoms with Crippen molar-refractivity contribution < 1.29 is 9.90 Å². The lowest BCUT2D eigenvalue weighted by Crippen LogP contribution is -2.28. The van der Waals surface area contributed by atoms with Gasteiger partial charge in [-0.1, -0.05) is 12.1 Å². The Morgan fingerprint density at radius 3 is 3.00 bits per heavy atom. The van der Waals surface area contributed by atoms with Crippen molar-refractivity contribution in [3.05, 3.63) is 29.3 Å². The third-order valence-electron chi connectivity index (χ3n) is 2.71. The van der Waals surface area contributed by atoms with Gasteiger partial charge in [-0.2, -0.15) is 0 Å². The Bertz CT molecular complexity index is 387.